The Hall–Kier alpha value is -2.67. The largest absolute Gasteiger partial charge is 0.496 e. The SMILES string of the molecule is CCOC(=O)Cc1cn2c(C=O)c(-c3cc(CC)ccc3OC)nc2s1. The molecular weight excluding hydrogens is 352 g/mol. The van der Waals surface area contributed by atoms with Crippen molar-refractivity contribution < 1.29 is 19.1 Å². The molecule has 2 heterocycles. The maximum atomic E-state index is 11.8. The maximum absolute atomic E-state index is 11.8. The van der Waals surface area contributed by atoms with Gasteiger partial charge in [0.25, 0.3) is 0 Å². The van der Waals surface area contributed by atoms with Gasteiger partial charge in [-0.1, -0.05) is 13.0 Å². The zero-order valence-electron chi connectivity index (χ0n) is 14.9. The molecule has 0 saturated carbocycles. The normalized spacial score (nSPS) is 10.9. The number of benzene rings is 1. The average Bonchev–Trinajstić information content (AvgIpc) is 3.17. The Morgan fingerprint density at radius 3 is 2.81 bits per heavy atom. The Kier molecular flexibility index (Phi) is 5.37. The highest BCUT2D eigenvalue weighted by molar-refractivity contribution is 7.17. The predicted molar refractivity (Wildman–Crippen MR) is 100 cm³/mol. The van der Waals surface area contributed by atoms with E-state index in [-0.39, 0.29) is 12.4 Å². The van der Waals surface area contributed by atoms with E-state index in [2.05, 4.69) is 11.9 Å². The van der Waals surface area contributed by atoms with E-state index in [9.17, 15) is 9.59 Å². The lowest BCUT2D eigenvalue weighted by atomic mass is 10.0. The van der Waals surface area contributed by atoms with Crippen molar-refractivity contribution in [2.75, 3.05) is 13.7 Å². The molecule has 7 heteroatoms. The van der Waals surface area contributed by atoms with Crippen LogP contribution in [0.4, 0.5) is 0 Å². The molecule has 6 nitrogen and oxygen atoms in total. The molecule has 3 aromatic rings. The first-order valence-corrected chi connectivity index (χ1v) is 9.21. The lowest BCUT2D eigenvalue weighted by Gasteiger charge is -2.09. The van der Waals surface area contributed by atoms with Gasteiger partial charge in [0, 0.05) is 16.6 Å². The van der Waals surface area contributed by atoms with Crippen LogP contribution in [0.5, 0.6) is 5.75 Å². The van der Waals surface area contributed by atoms with Gasteiger partial charge in [-0.2, -0.15) is 0 Å². The first-order chi connectivity index (χ1) is 12.6. The number of aldehydes is 1. The fourth-order valence-corrected chi connectivity index (χ4v) is 3.78. The Morgan fingerprint density at radius 1 is 1.35 bits per heavy atom. The first kappa shape index (κ1) is 18.1. The molecule has 0 bridgehead atoms. The minimum atomic E-state index is -0.290. The highest BCUT2D eigenvalue weighted by Crippen LogP contribution is 2.34. The van der Waals surface area contributed by atoms with Gasteiger partial charge in [0.1, 0.15) is 17.1 Å². The predicted octanol–water partition coefficient (Wildman–Crippen LogP) is 3.55. The lowest BCUT2D eigenvalue weighted by Crippen LogP contribution is -2.06. The van der Waals surface area contributed by atoms with Gasteiger partial charge in [-0.05, 0) is 31.0 Å². The van der Waals surface area contributed by atoms with Crippen molar-refractivity contribution in [3.63, 3.8) is 0 Å². The zero-order chi connectivity index (χ0) is 18.7. The minimum Gasteiger partial charge on any atom is -0.496 e. The summed E-state index contributed by atoms with van der Waals surface area (Å²) < 4.78 is 12.1. The second kappa shape index (κ2) is 7.70. The number of imidazole rings is 1. The second-order valence-electron chi connectivity index (χ2n) is 5.68. The third kappa shape index (κ3) is 3.35. The average molecular weight is 372 g/mol. The van der Waals surface area contributed by atoms with Crippen LogP contribution in [-0.4, -0.2) is 35.4 Å². The van der Waals surface area contributed by atoms with E-state index in [1.165, 1.54) is 11.3 Å². The molecule has 0 atom stereocenters. The number of carbonyl (C=O) groups is 2. The third-order valence-electron chi connectivity index (χ3n) is 4.07. The summed E-state index contributed by atoms with van der Waals surface area (Å²) >= 11 is 1.37. The molecule has 26 heavy (non-hydrogen) atoms. The third-order valence-corrected chi connectivity index (χ3v) is 5.06. The lowest BCUT2D eigenvalue weighted by molar-refractivity contribution is -0.142. The van der Waals surface area contributed by atoms with E-state index in [0.717, 1.165) is 28.7 Å². The molecule has 0 N–H and O–H groups in total. The number of aryl methyl sites for hydroxylation is 1. The summed E-state index contributed by atoms with van der Waals surface area (Å²) in [4.78, 5) is 29.5. The topological polar surface area (TPSA) is 69.9 Å². The summed E-state index contributed by atoms with van der Waals surface area (Å²) in [6.07, 6.45) is 3.60. The van der Waals surface area contributed by atoms with Gasteiger partial charge in [-0.3, -0.25) is 14.0 Å². The number of hydrogen-bond acceptors (Lipinski definition) is 6. The number of fused-ring (bicyclic) bond motifs is 1. The van der Waals surface area contributed by atoms with Crippen LogP contribution in [0.2, 0.25) is 0 Å². The molecule has 3 rings (SSSR count). The quantitative estimate of drug-likeness (QED) is 0.469. The fourth-order valence-electron chi connectivity index (χ4n) is 2.82. The van der Waals surface area contributed by atoms with Crippen LogP contribution in [0.1, 0.15) is 34.8 Å². The number of esters is 1. The van der Waals surface area contributed by atoms with E-state index in [1.807, 2.05) is 18.2 Å². The number of thiazole rings is 1. The molecule has 0 aliphatic carbocycles. The minimum absolute atomic E-state index is 0.171. The molecule has 1 aromatic carbocycles. The van der Waals surface area contributed by atoms with E-state index >= 15 is 0 Å². The molecule has 0 unspecified atom stereocenters. The van der Waals surface area contributed by atoms with Crippen LogP contribution in [0.3, 0.4) is 0 Å². The Morgan fingerprint density at radius 2 is 2.15 bits per heavy atom. The van der Waals surface area contributed by atoms with Gasteiger partial charge >= 0.3 is 5.97 Å². The van der Waals surface area contributed by atoms with Crippen molar-refractivity contribution in [1.82, 2.24) is 9.38 Å². The number of hydrogen-bond donors (Lipinski definition) is 0. The summed E-state index contributed by atoms with van der Waals surface area (Å²) in [6.45, 7) is 4.19. The highest BCUT2D eigenvalue weighted by Gasteiger charge is 2.20. The smallest absolute Gasteiger partial charge is 0.311 e. The van der Waals surface area contributed by atoms with Crippen molar-refractivity contribution in [2.24, 2.45) is 0 Å². The van der Waals surface area contributed by atoms with E-state index < -0.39 is 0 Å². The summed E-state index contributed by atoms with van der Waals surface area (Å²) in [5.74, 6) is 0.380. The zero-order valence-corrected chi connectivity index (χ0v) is 15.8. The summed E-state index contributed by atoms with van der Waals surface area (Å²) in [7, 11) is 1.60. The van der Waals surface area contributed by atoms with E-state index in [0.29, 0.717) is 28.7 Å². The van der Waals surface area contributed by atoms with Gasteiger partial charge in [0.15, 0.2) is 11.2 Å². The van der Waals surface area contributed by atoms with E-state index in [1.54, 1.807) is 24.6 Å². The second-order valence-corrected chi connectivity index (χ2v) is 6.78. The van der Waals surface area contributed by atoms with Gasteiger partial charge in [0.2, 0.25) is 0 Å². The molecule has 0 aliphatic rings. The van der Waals surface area contributed by atoms with Crippen LogP contribution in [0.15, 0.2) is 24.4 Å². The van der Waals surface area contributed by atoms with Gasteiger partial charge < -0.3 is 9.47 Å². The highest BCUT2D eigenvalue weighted by atomic mass is 32.1. The number of carbonyl (C=O) groups excluding carboxylic acids is 2. The molecule has 2 aromatic heterocycles. The molecule has 0 aliphatic heterocycles. The molecule has 0 radical (unpaired) electrons. The van der Waals surface area contributed by atoms with Gasteiger partial charge in [-0.25, -0.2) is 4.98 Å². The summed E-state index contributed by atoms with van der Waals surface area (Å²) in [6, 6.07) is 5.89. The number of methoxy groups -OCH3 is 1. The van der Waals surface area contributed by atoms with Crippen LogP contribution >= 0.6 is 11.3 Å². The van der Waals surface area contributed by atoms with Crippen LogP contribution in [0.25, 0.3) is 16.2 Å². The standard InChI is InChI=1S/C19H20N2O4S/c1-4-12-6-7-16(24-3)14(8-12)18-15(11-22)21-10-13(26-19(21)20-18)9-17(23)25-5-2/h6-8,10-11H,4-5,9H2,1-3H3. The molecule has 136 valence electrons. The van der Waals surface area contributed by atoms with Crippen LogP contribution in [-0.2, 0) is 22.4 Å². The summed E-state index contributed by atoms with van der Waals surface area (Å²) in [5.41, 5.74) is 2.95. The van der Waals surface area contributed by atoms with Crippen molar-refractivity contribution in [2.45, 2.75) is 26.7 Å². The van der Waals surface area contributed by atoms with Gasteiger partial charge in [0.05, 0.1) is 20.1 Å². The molecule has 0 amide bonds. The molecule has 0 spiro atoms. The van der Waals surface area contributed by atoms with Crippen LogP contribution in [0, 0.1) is 0 Å². The maximum Gasteiger partial charge on any atom is 0.311 e. The molecular formula is C19H20N2O4S. The fraction of sp³-hybridized carbons (Fsp3) is 0.316. The Balaban J connectivity index is 2.07. The number of ether oxygens (including phenoxy) is 2. The molecule has 0 fully saturated rings. The Labute approximate surface area is 155 Å². The van der Waals surface area contributed by atoms with Crippen molar-refractivity contribution in [3.8, 4) is 17.0 Å². The summed E-state index contributed by atoms with van der Waals surface area (Å²) in [5, 5.41) is 0. The number of nitrogens with zero attached hydrogens (tertiary/aromatic N) is 2. The van der Waals surface area contributed by atoms with Crippen molar-refractivity contribution in [1.29, 1.82) is 0 Å². The Bertz CT molecular complexity index is 958. The van der Waals surface area contributed by atoms with E-state index in [4.69, 9.17) is 9.47 Å². The molecule has 0 saturated heterocycles. The number of rotatable bonds is 7. The van der Waals surface area contributed by atoms with Crippen LogP contribution < -0.4 is 4.74 Å². The first-order valence-electron chi connectivity index (χ1n) is 8.40. The van der Waals surface area contributed by atoms with Crippen molar-refractivity contribution >= 4 is 28.6 Å². The number of aromatic nitrogens is 2. The van der Waals surface area contributed by atoms with Gasteiger partial charge in [-0.15, -0.1) is 11.3 Å². The van der Waals surface area contributed by atoms with Crippen molar-refractivity contribution in [3.05, 3.63) is 40.5 Å². The monoisotopic (exact) mass is 372 g/mol.